The van der Waals surface area contributed by atoms with Crippen molar-refractivity contribution in [2.45, 2.75) is 43.5 Å². The van der Waals surface area contributed by atoms with Gasteiger partial charge in [-0.2, -0.15) is 8.42 Å². The Morgan fingerprint density at radius 1 is 1.12 bits per heavy atom. The number of benzene rings is 2. The highest BCUT2D eigenvalue weighted by Gasteiger charge is 2.19. The first-order valence-corrected chi connectivity index (χ1v) is 12.2. The minimum absolute atomic E-state index is 0.0704. The summed E-state index contributed by atoms with van der Waals surface area (Å²) in [7, 11) is -1.98. The molecule has 0 bridgehead atoms. The molecule has 9 heteroatoms. The third-order valence-corrected chi connectivity index (χ3v) is 6.88. The Morgan fingerprint density at radius 3 is 2.84 bits per heavy atom. The number of anilines is 1. The van der Waals surface area contributed by atoms with Crippen LogP contribution >= 0.6 is 0 Å². The quantitative estimate of drug-likeness (QED) is 0.614. The normalized spacial score (nSPS) is 16.3. The number of para-hydroxylation sites is 2. The molecule has 1 fully saturated rings. The second-order valence-corrected chi connectivity index (χ2v) is 9.57. The van der Waals surface area contributed by atoms with E-state index in [-0.39, 0.29) is 17.2 Å². The number of carbonyl (C=O) groups is 1. The van der Waals surface area contributed by atoms with E-state index in [0.717, 1.165) is 36.8 Å². The number of fused-ring (bicyclic) bond motifs is 1. The van der Waals surface area contributed by atoms with E-state index in [1.165, 1.54) is 12.1 Å². The van der Waals surface area contributed by atoms with E-state index in [0.29, 0.717) is 24.5 Å². The number of aromatic nitrogens is 2. The fourth-order valence-electron chi connectivity index (χ4n) is 3.80. The molecule has 2 aromatic carbocycles. The molecule has 32 heavy (non-hydrogen) atoms. The smallest absolute Gasteiger partial charge is 0.284 e. The first kappa shape index (κ1) is 22.0. The Bertz CT molecular complexity index is 1250. The second-order valence-electron chi connectivity index (χ2n) is 7.97. The van der Waals surface area contributed by atoms with E-state index >= 15 is 0 Å². The maximum Gasteiger partial charge on any atom is 0.284 e. The number of nitrogens with one attached hydrogen (secondary N) is 1. The number of imidazole rings is 1. The fourth-order valence-corrected chi connectivity index (χ4v) is 4.94. The summed E-state index contributed by atoms with van der Waals surface area (Å²) < 4.78 is 31.7. The number of carbonyl (C=O) groups excluding carboxylic acids is 1. The van der Waals surface area contributed by atoms with Crippen LogP contribution in [-0.2, 0) is 21.4 Å². The van der Waals surface area contributed by atoms with Gasteiger partial charge in [0, 0.05) is 38.7 Å². The van der Waals surface area contributed by atoms with Gasteiger partial charge >= 0.3 is 0 Å². The minimum Gasteiger partial charge on any atom is -0.362 e. The summed E-state index contributed by atoms with van der Waals surface area (Å²) in [4.78, 5) is 18.8. The van der Waals surface area contributed by atoms with Crippen LogP contribution in [0.2, 0.25) is 0 Å². The Labute approximate surface area is 188 Å². The molecule has 0 spiro atoms. The zero-order chi connectivity index (χ0) is 22.6. The number of likely N-dealkylation sites (tertiary alicyclic amines) is 1. The molecule has 1 N–H and O–H groups in total. The van der Waals surface area contributed by atoms with Gasteiger partial charge in [-0.05, 0) is 43.2 Å². The van der Waals surface area contributed by atoms with E-state index in [2.05, 4.69) is 14.7 Å². The molecule has 4 rings (SSSR count). The molecule has 1 saturated heterocycles. The van der Waals surface area contributed by atoms with Gasteiger partial charge in [0.15, 0.2) is 0 Å². The first-order chi connectivity index (χ1) is 15.4. The number of hydrogen-bond acceptors (Lipinski definition) is 4. The van der Waals surface area contributed by atoms with Gasteiger partial charge in [0.2, 0.25) is 5.91 Å². The van der Waals surface area contributed by atoms with Gasteiger partial charge < -0.3 is 14.8 Å². The average Bonchev–Trinajstić information content (AvgIpc) is 3.09. The largest absolute Gasteiger partial charge is 0.362 e. The number of nitrogens with zero attached hydrogens (tertiary/aromatic N) is 4. The summed E-state index contributed by atoms with van der Waals surface area (Å²) in [5.74, 6) is 0.386. The lowest BCUT2D eigenvalue weighted by Gasteiger charge is -2.17. The van der Waals surface area contributed by atoms with E-state index < -0.39 is 10.0 Å². The molecule has 0 atom stereocenters. The topological polar surface area (TPSA) is 96.7 Å². The second kappa shape index (κ2) is 9.52. The number of hydrogen-bond donors (Lipinski definition) is 1. The highest BCUT2D eigenvalue weighted by molar-refractivity contribution is 7.90. The molecule has 1 aliphatic heterocycles. The van der Waals surface area contributed by atoms with Crippen molar-refractivity contribution in [3.63, 3.8) is 0 Å². The van der Waals surface area contributed by atoms with Gasteiger partial charge in [-0.15, -0.1) is 4.40 Å². The van der Waals surface area contributed by atoms with Crippen LogP contribution in [0.25, 0.3) is 11.0 Å². The lowest BCUT2D eigenvalue weighted by Crippen LogP contribution is -2.26. The molecule has 0 radical (unpaired) electrons. The van der Waals surface area contributed by atoms with E-state index in [9.17, 15) is 13.2 Å². The standard InChI is InChI=1S/C23H27N5O3S/c1-27-14-6-2-3-12-22(27)26-32(30,31)19-9-7-8-18(16-19)25-23(29)13-15-28-17-24-20-10-4-5-11-21(20)28/h4-5,7-11,16-17H,2-3,6,12-15H2,1H3,(H,25,29). The molecular formula is C23H27N5O3S. The number of amidine groups is 1. The summed E-state index contributed by atoms with van der Waals surface area (Å²) in [5, 5.41) is 2.79. The minimum atomic E-state index is -3.86. The van der Waals surface area contributed by atoms with E-state index in [4.69, 9.17) is 0 Å². The molecule has 1 aliphatic rings. The first-order valence-electron chi connectivity index (χ1n) is 10.8. The molecule has 2 heterocycles. The predicted molar refractivity (Wildman–Crippen MR) is 125 cm³/mol. The summed E-state index contributed by atoms with van der Waals surface area (Å²) in [5.41, 5.74) is 2.28. The number of rotatable bonds is 6. The van der Waals surface area contributed by atoms with Crippen molar-refractivity contribution < 1.29 is 13.2 Å². The van der Waals surface area contributed by atoms with Crippen molar-refractivity contribution in [2.75, 3.05) is 18.9 Å². The van der Waals surface area contributed by atoms with Gasteiger partial charge in [0.05, 0.1) is 22.3 Å². The maximum absolute atomic E-state index is 12.9. The van der Waals surface area contributed by atoms with Crippen molar-refractivity contribution in [2.24, 2.45) is 4.40 Å². The average molecular weight is 454 g/mol. The van der Waals surface area contributed by atoms with E-state index in [1.807, 2.05) is 40.8 Å². The monoisotopic (exact) mass is 453 g/mol. The van der Waals surface area contributed by atoms with Crippen molar-refractivity contribution in [1.82, 2.24) is 14.5 Å². The van der Waals surface area contributed by atoms with Crippen LogP contribution < -0.4 is 5.32 Å². The van der Waals surface area contributed by atoms with Crippen molar-refractivity contribution in [1.29, 1.82) is 0 Å². The van der Waals surface area contributed by atoms with Crippen LogP contribution in [0, 0.1) is 0 Å². The molecule has 1 amide bonds. The molecule has 3 aromatic rings. The molecule has 168 valence electrons. The Kier molecular flexibility index (Phi) is 6.55. The third kappa shape index (κ3) is 5.16. The molecule has 0 saturated carbocycles. The third-order valence-electron chi connectivity index (χ3n) is 5.58. The van der Waals surface area contributed by atoms with Crippen LogP contribution in [0.1, 0.15) is 32.1 Å². The summed E-state index contributed by atoms with van der Waals surface area (Å²) in [6.07, 6.45) is 5.64. The Balaban J connectivity index is 1.43. The van der Waals surface area contributed by atoms with Gasteiger partial charge in [-0.3, -0.25) is 4.79 Å². The molecular weight excluding hydrogens is 426 g/mol. The summed E-state index contributed by atoms with van der Waals surface area (Å²) >= 11 is 0. The van der Waals surface area contributed by atoms with Crippen LogP contribution in [0.3, 0.4) is 0 Å². The van der Waals surface area contributed by atoms with Crippen molar-refractivity contribution in [3.8, 4) is 0 Å². The fraction of sp³-hybridized carbons (Fsp3) is 0.348. The van der Waals surface area contributed by atoms with Crippen molar-refractivity contribution >= 4 is 38.5 Å². The molecule has 0 unspecified atom stereocenters. The number of sulfonamides is 1. The maximum atomic E-state index is 12.9. The van der Waals surface area contributed by atoms with Crippen LogP contribution in [0.5, 0.6) is 0 Å². The van der Waals surface area contributed by atoms with Gasteiger partial charge in [0.1, 0.15) is 5.84 Å². The number of aryl methyl sites for hydroxylation is 1. The molecule has 1 aromatic heterocycles. The molecule has 0 aliphatic carbocycles. The molecule has 8 nitrogen and oxygen atoms in total. The Morgan fingerprint density at radius 2 is 1.97 bits per heavy atom. The summed E-state index contributed by atoms with van der Waals surface area (Å²) in [6, 6.07) is 14.0. The van der Waals surface area contributed by atoms with Crippen LogP contribution in [-0.4, -0.2) is 48.2 Å². The zero-order valence-corrected chi connectivity index (χ0v) is 18.9. The van der Waals surface area contributed by atoms with Crippen molar-refractivity contribution in [3.05, 3.63) is 54.9 Å². The summed E-state index contributed by atoms with van der Waals surface area (Å²) in [6.45, 7) is 1.28. The lowest BCUT2D eigenvalue weighted by molar-refractivity contribution is -0.116. The van der Waals surface area contributed by atoms with E-state index in [1.54, 1.807) is 18.5 Å². The van der Waals surface area contributed by atoms with Gasteiger partial charge in [-0.1, -0.05) is 24.6 Å². The zero-order valence-electron chi connectivity index (χ0n) is 18.1. The SMILES string of the molecule is CN1CCCCCC1=NS(=O)(=O)c1cccc(NC(=O)CCn2cnc3ccccc32)c1. The highest BCUT2D eigenvalue weighted by Crippen LogP contribution is 2.20. The van der Waals surface area contributed by atoms with Gasteiger partial charge in [-0.25, -0.2) is 4.98 Å². The van der Waals surface area contributed by atoms with Crippen LogP contribution in [0.4, 0.5) is 5.69 Å². The van der Waals surface area contributed by atoms with Crippen LogP contribution in [0.15, 0.2) is 64.2 Å². The van der Waals surface area contributed by atoms with Gasteiger partial charge in [0.25, 0.3) is 10.0 Å². The predicted octanol–water partition coefficient (Wildman–Crippen LogP) is 3.66. The lowest BCUT2D eigenvalue weighted by atomic mass is 10.2. The highest BCUT2D eigenvalue weighted by atomic mass is 32.2. The number of amides is 1. The Hall–Kier alpha value is -3.20.